The maximum absolute atomic E-state index is 12.1. The van der Waals surface area contributed by atoms with Crippen molar-refractivity contribution in [3.05, 3.63) is 15.8 Å². The molecule has 2 rings (SSSR count). The molecule has 0 aliphatic carbocycles. The normalized spacial score (nSPS) is 15.9. The van der Waals surface area contributed by atoms with Crippen molar-refractivity contribution >= 4 is 40.7 Å². The minimum absolute atomic E-state index is 0.0800. The van der Waals surface area contributed by atoms with Crippen LogP contribution in [0.2, 0.25) is 0 Å². The van der Waals surface area contributed by atoms with E-state index >= 15 is 0 Å². The lowest BCUT2D eigenvalue weighted by Gasteiger charge is -2.25. The smallest absolute Gasteiger partial charge is 0.350 e. The molecule has 2 heterocycles. The monoisotopic (exact) mass is 314 g/mol. The van der Waals surface area contributed by atoms with Crippen molar-refractivity contribution in [1.29, 1.82) is 0 Å². The van der Waals surface area contributed by atoms with E-state index in [9.17, 15) is 9.59 Å². The number of rotatable bonds is 4. The molecule has 1 aliphatic rings. The second-order valence-corrected chi connectivity index (χ2v) is 6.66. The first-order chi connectivity index (χ1) is 9.61. The Balaban J connectivity index is 2.00. The number of carbonyl (C=O) groups excluding carboxylic acids is 2. The van der Waals surface area contributed by atoms with Crippen LogP contribution in [-0.2, 0) is 9.53 Å². The summed E-state index contributed by atoms with van der Waals surface area (Å²) in [7, 11) is 1.34. The fourth-order valence-corrected chi connectivity index (χ4v) is 3.88. The number of hydrogen-bond donors (Lipinski definition) is 1. The molecule has 0 atom stereocenters. The van der Waals surface area contributed by atoms with Crippen molar-refractivity contribution in [2.45, 2.75) is 6.92 Å². The first-order valence-electron chi connectivity index (χ1n) is 6.38. The highest BCUT2D eigenvalue weighted by Gasteiger charge is 2.20. The van der Waals surface area contributed by atoms with Gasteiger partial charge in [-0.25, -0.2) is 4.79 Å². The predicted octanol–water partition coefficient (Wildman–Crippen LogP) is 1.83. The molecular weight excluding hydrogens is 296 g/mol. The van der Waals surface area contributed by atoms with Crippen LogP contribution in [0.4, 0.5) is 5.69 Å². The van der Waals surface area contributed by atoms with E-state index in [2.05, 4.69) is 10.2 Å². The molecule has 1 amide bonds. The average molecular weight is 314 g/mol. The SMILES string of the molecule is COC(=O)c1scc(C)c1NC(=O)CN1CCSCC1. The minimum Gasteiger partial charge on any atom is -0.465 e. The third-order valence-electron chi connectivity index (χ3n) is 3.08. The van der Waals surface area contributed by atoms with E-state index in [0.29, 0.717) is 17.1 Å². The summed E-state index contributed by atoms with van der Waals surface area (Å²) in [6.07, 6.45) is 0. The van der Waals surface area contributed by atoms with E-state index in [-0.39, 0.29) is 5.91 Å². The second-order valence-electron chi connectivity index (χ2n) is 4.55. The van der Waals surface area contributed by atoms with E-state index in [1.807, 2.05) is 24.1 Å². The highest BCUT2D eigenvalue weighted by molar-refractivity contribution is 7.99. The number of nitrogens with one attached hydrogen (secondary N) is 1. The molecule has 1 fully saturated rings. The number of ether oxygens (including phenoxy) is 1. The molecule has 7 heteroatoms. The topological polar surface area (TPSA) is 58.6 Å². The third-order valence-corrected chi connectivity index (χ3v) is 5.10. The van der Waals surface area contributed by atoms with E-state index in [4.69, 9.17) is 4.74 Å². The highest BCUT2D eigenvalue weighted by Crippen LogP contribution is 2.28. The summed E-state index contributed by atoms with van der Waals surface area (Å²) in [5.41, 5.74) is 1.47. The number of aryl methyl sites for hydroxylation is 1. The Morgan fingerprint density at radius 1 is 1.40 bits per heavy atom. The van der Waals surface area contributed by atoms with Crippen LogP contribution in [0.5, 0.6) is 0 Å². The summed E-state index contributed by atoms with van der Waals surface area (Å²) in [6.45, 7) is 4.11. The number of amides is 1. The quantitative estimate of drug-likeness (QED) is 0.859. The molecule has 0 aromatic carbocycles. The summed E-state index contributed by atoms with van der Waals surface area (Å²) >= 11 is 3.20. The summed E-state index contributed by atoms with van der Waals surface area (Å²) in [4.78, 5) is 26.3. The van der Waals surface area contributed by atoms with Crippen molar-refractivity contribution in [3.8, 4) is 0 Å². The van der Waals surface area contributed by atoms with Gasteiger partial charge in [0.25, 0.3) is 0 Å². The molecule has 0 bridgehead atoms. The molecule has 0 spiro atoms. The van der Waals surface area contributed by atoms with Crippen LogP contribution in [0.3, 0.4) is 0 Å². The van der Waals surface area contributed by atoms with Crippen molar-refractivity contribution in [3.63, 3.8) is 0 Å². The van der Waals surface area contributed by atoms with Crippen LogP contribution in [0.15, 0.2) is 5.38 Å². The van der Waals surface area contributed by atoms with Gasteiger partial charge in [0.15, 0.2) is 0 Å². The lowest BCUT2D eigenvalue weighted by molar-refractivity contribution is -0.117. The third kappa shape index (κ3) is 3.74. The van der Waals surface area contributed by atoms with Gasteiger partial charge in [-0.05, 0) is 17.9 Å². The highest BCUT2D eigenvalue weighted by atomic mass is 32.2. The first-order valence-corrected chi connectivity index (χ1v) is 8.41. The van der Waals surface area contributed by atoms with Gasteiger partial charge in [0.2, 0.25) is 5.91 Å². The molecule has 1 aromatic rings. The average Bonchev–Trinajstić information content (AvgIpc) is 2.80. The molecule has 0 unspecified atom stereocenters. The van der Waals surface area contributed by atoms with E-state index < -0.39 is 5.97 Å². The molecule has 1 aliphatic heterocycles. The molecule has 5 nitrogen and oxygen atoms in total. The van der Waals surface area contributed by atoms with Gasteiger partial charge in [0.05, 0.1) is 19.3 Å². The number of methoxy groups -OCH3 is 1. The van der Waals surface area contributed by atoms with Gasteiger partial charge in [0, 0.05) is 24.6 Å². The summed E-state index contributed by atoms with van der Waals surface area (Å²) < 4.78 is 4.73. The van der Waals surface area contributed by atoms with Crippen LogP contribution in [0, 0.1) is 6.92 Å². The van der Waals surface area contributed by atoms with E-state index in [1.54, 1.807) is 0 Å². The van der Waals surface area contributed by atoms with Crippen LogP contribution in [0.25, 0.3) is 0 Å². The molecule has 110 valence electrons. The first kappa shape index (κ1) is 15.3. The van der Waals surface area contributed by atoms with Crippen molar-refractivity contribution in [2.75, 3.05) is 43.6 Å². The van der Waals surface area contributed by atoms with Gasteiger partial charge in [0.1, 0.15) is 4.88 Å². The van der Waals surface area contributed by atoms with Crippen LogP contribution >= 0.6 is 23.1 Å². The molecule has 0 saturated carbocycles. The van der Waals surface area contributed by atoms with Gasteiger partial charge < -0.3 is 10.1 Å². The number of hydrogen-bond acceptors (Lipinski definition) is 6. The fraction of sp³-hybridized carbons (Fsp3) is 0.538. The molecule has 1 aromatic heterocycles. The lowest BCUT2D eigenvalue weighted by atomic mass is 10.2. The van der Waals surface area contributed by atoms with Gasteiger partial charge in [-0.2, -0.15) is 11.8 Å². The Hall–Kier alpha value is -1.05. The maximum atomic E-state index is 12.1. The van der Waals surface area contributed by atoms with Crippen molar-refractivity contribution in [1.82, 2.24) is 4.90 Å². The summed E-state index contributed by atoms with van der Waals surface area (Å²) in [5.74, 6) is 1.65. The molecular formula is C13H18N2O3S2. The van der Waals surface area contributed by atoms with E-state index in [1.165, 1.54) is 18.4 Å². The summed E-state index contributed by atoms with van der Waals surface area (Å²) in [5, 5.41) is 4.69. The minimum atomic E-state index is -0.409. The Morgan fingerprint density at radius 3 is 2.75 bits per heavy atom. The van der Waals surface area contributed by atoms with Crippen molar-refractivity contribution < 1.29 is 14.3 Å². The van der Waals surface area contributed by atoms with Gasteiger partial charge in [-0.1, -0.05) is 0 Å². The largest absolute Gasteiger partial charge is 0.465 e. The van der Waals surface area contributed by atoms with Gasteiger partial charge in [-0.15, -0.1) is 11.3 Å². The number of nitrogens with zero attached hydrogens (tertiary/aromatic N) is 1. The molecule has 1 saturated heterocycles. The van der Waals surface area contributed by atoms with E-state index in [0.717, 1.165) is 30.2 Å². The zero-order valence-corrected chi connectivity index (χ0v) is 13.2. The standard InChI is InChI=1S/C13H18N2O3S2/c1-9-8-20-12(13(17)18-2)11(9)14-10(16)7-15-3-5-19-6-4-15/h8H,3-7H2,1-2H3,(H,14,16). The molecule has 0 radical (unpaired) electrons. The number of thioether (sulfide) groups is 1. The maximum Gasteiger partial charge on any atom is 0.350 e. The van der Waals surface area contributed by atoms with Crippen molar-refractivity contribution in [2.24, 2.45) is 0 Å². The zero-order valence-electron chi connectivity index (χ0n) is 11.6. The van der Waals surface area contributed by atoms with Crippen LogP contribution in [-0.4, -0.2) is 55.0 Å². The number of anilines is 1. The Morgan fingerprint density at radius 2 is 2.10 bits per heavy atom. The molecule has 1 N–H and O–H groups in total. The Bertz CT molecular complexity index is 496. The number of carbonyl (C=O) groups is 2. The fourth-order valence-electron chi connectivity index (χ4n) is 1.98. The Kier molecular flexibility index (Phi) is 5.45. The van der Waals surface area contributed by atoms with Crippen LogP contribution < -0.4 is 5.32 Å². The van der Waals surface area contributed by atoms with Crippen LogP contribution in [0.1, 0.15) is 15.2 Å². The predicted molar refractivity (Wildman–Crippen MR) is 82.8 cm³/mol. The number of esters is 1. The van der Waals surface area contributed by atoms with Gasteiger partial charge >= 0.3 is 5.97 Å². The second kappa shape index (κ2) is 7.10. The Labute approximate surface area is 126 Å². The zero-order chi connectivity index (χ0) is 14.5. The lowest BCUT2D eigenvalue weighted by Crippen LogP contribution is -2.38. The number of thiophene rings is 1. The molecule has 20 heavy (non-hydrogen) atoms. The summed E-state index contributed by atoms with van der Waals surface area (Å²) in [6, 6.07) is 0. The van der Waals surface area contributed by atoms with Gasteiger partial charge in [-0.3, -0.25) is 9.69 Å².